The second-order valence-electron chi connectivity index (χ2n) is 5.40. The van der Waals surface area contributed by atoms with Crippen molar-refractivity contribution in [3.63, 3.8) is 0 Å². The number of fused-ring (bicyclic) bond motifs is 1. The van der Waals surface area contributed by atoms with Gasteiger partial charge in [-0.2, -0.15) is 13.2 Å². The Morgan fingerprint density at radius 2 is 1.88 bits per heavy atom. The first-order valence-electron chi connectivity index (χ1n) is 7.38. The van der Waals surface area contributed by atoms with Gasteiger partial charge in [-0.05, 0) is 30.3 Å². The number of halogens is 4. The van der Waals surface area contributed by atoms with Gasteiger partial charge in [0.1, 0.15) is 6.54 Å². The number of rotatable bonds is 3. The van der Waals surface area contributed by atoms with Crippen molar-refractivity contribution in [1.82, 2.24) is 9.55 Å². The summed E-state index contributed by atoms with van der Waals surface area (Å²) < 4.78 is 40.8. The van der Waals surface area contributed by atoms with Crippen molar-refractivity contribution in [3.8, 4) is 0 Å². The van der Waals surface area contributed by atoms with E-state index in [2.05, 4.69) is 26.2 Å². The molecule has 3 rings (SSSR count). The van der Waals surface area contributed by atoms with E-state index in [9.17, 15) is 22.8 Å². The van der Waals surface area contributed by atoms with Crippen LogP contribution in [0.15, 0.2) is 57.8 Å². The van der Waals surface area contributed by atoms with Crippen LogP contribution in [0.1, 0.15) is 5.69 Å². The minimum absolute atomic E-state index is 0.0188. The molecule has 9 heteroatoms. The number of alkyl halides is 3. The van der Waals surface area contributed by atoms with Crippen molar-refractivity contribution >= 4 is 38.6 Å². The number of para-hydroxylation sites is 2. The van der Waals surface area contributed by atoms with E-state index in [1.165, 1.54) is 18.2 Å². The molecular weight excluding hydrogens is 415 g/mol. The van der Waals surface area contributed by atoms with E-state index in [1.807, 2.05) is 0 Å². The molecule has 1 heterocycles. The van der Waals surface area contributed by atoms with Crippen LogP contribution in [-0.2, 0) is 17.5 Å². The molecule has 0 bridgehead atoms. The minimum atomic E-state index is -4.91. The smallest absolute Gasteiger partial charge is 0.324 e. The summed E-state index contributed by atoms with van der Waals surface area (Å²) in [6, 6.07) is 12.6. The number of carbonyl (C=O) groups excluding carboxylic acids is 1. The lowest BCUT2D eigenvalue weighted by molar-refractivity contribution is -0.142. The summed E-state index contributed by atoms with van der Waals surface area (Å²) in [4.78, 5) is 27.9. The fourth-order valence-corrected chi connectivity index (χ4v) is 2.84. The van der Waals surface area contributed by atoms with Crippen LogP contribution in [0.5, 0.6) is 0 Å². The van der Waals surface area contributed by atoms with E-state index in [-0.39, 0.29) is 11.0 Å². The molecule has 0 unspecified atom stereocenters. The zero-order valence-corrected chi connectivity index (χ0v) is 14.6. The van der Waals surface area contributed by atoms with Crippen LogP contribution in [-0.4, -0.2) is 15.5 Å². The third-order valence-electron chi connectivity index (χ3n) is 3.53. The van der Waals surface area contributed by atoms with E-state index >= 15 is 0 Å². The maximum Gasteiger partial charge on any atom is 0.438 e. The second-order valence-corrected chi connectivity index (χ2v) is 6.31. The van der Waals surface area contributed by atoms with Gasteiger partial charge in [-0.15, -0.1) is 0 Å². The molecular formula is C17H11BrF3N3O2. The van der Waals surface area contributed by atoms with Gasteiger partial charge in [-0.3, -0.25) is 14.2 Å². The molecule has 26 heavy (non-hydrogen) atoms. The third kappa shape index (κ3) is 3.77. The van der Waals surface area contributed by atoms with Crippen molar-refractivity contribution in [2.45, 2.75) is 12.7 Å². The van der Waals surface area contributed by atoms with Gasteiger partial charge in [0.05, 0.1) is 11.0 Å². The number of anilines is 1. The first kappa shape index (κ1) is 18.1. The molecule has 2 aromatic carbocycles. The van der Waals surface area contributed by atoms with Crippen molar-refractivity contribution in [1.29, 1.82) is 0 Å². The average molecular weight is 426 g/mol. The van der Waals surface area contributed by atoms with Gasteiger partial charge >= 0.3 is 6.18 Å². The van der Waals surface area contributed by atoms with Crippen LogP contribution < -0.4 is 10.9 Å². The zero-order valence-electron chi connectivity index (χ0n) is 13.0. The second kappa shape index (κ2) is 6.91. The van der Waals surface area contributed by atoms with E-state index in [0.29, 0.717) is 5.69 Å². The normalized spacial score (nSPS) is 11.5. The molecule has 0 radical (unpaired) electrons. The quantitative estimate of drug-likeness (QED) is 0.693. The molecule has 0 fully saturated rings. The minimum Gasteiger partial charge on any atom is -0.324 e. The molecule has 0 aliphatic heterocycles. The number of nitrogens with zero attached hydrogens (tertiary/aromatic N) is 2. The monoisotopic (exact) mass is 425 g/mol. The zero-order chi connectivity index (χ0) is 18.9. The Bertz CT molecular complexity index is 1050. The van der Waals surface area contributed by atoms with E-state index in [1.54, 1.807) is 30.3 Å². The van der Waals surface area contributed by atoms with Gasteiger partial charge in [0, 0.05) is 10.2 Å². The highest BCUT2D eigenvalue weighted by atomic mass is 79.9. The lowest BCUT2D eigenvalue weighted by Crippen LogP contribution is -2.34. The van der Waals surface area contributed by atoms with Gasteiger partial charge in [0.25, 0.3) is 5.56 Å². The first-order chi connectivity index (χ1) is 12.3. The van der Waals surface area contributed by atoms with Gasteiger partial charge in [0.15, 0.2) is 0 Å². The summed E-state index contributed by atoms with van der Waals surface area (Å²) in [5.41, 5.74) is -2.33. The number of benzene rings is 2. The van der Waals surface area contributed by atoms with E-state index in [0.717, 1.165) is 9.04 Å². The lowest BCUT2D eigenvalue weighted by atomic mass is 10.2. The Morgan fingerprint density at radius 3 is 2.58 bits per heavy atom. The summed E-state index contributed by atoms with van der Waals surface area (Å²) in [7, 11) is 0. The molecule has 0 saturated heterocycles. The highest BCUT2D eigenvalue weighted by molar-refractivity contribution is 9.10. The number of amides is 1. The molecule has 0 spiro atoms. The topological polar surface area (TPSA) is 64.0 Å². The van der Waals surface area contributed by atoms with Crippen LogP contribution in [0.3, 0.4) is 0 Å². The van der Waals surface area contributed by atoms with E-state index < -0.39 is 29.9 Å². The number of hydrogen-bond acceptors (Lipinski definition) is 3. The number of aromatic nitrogens is 2. The summed E-state index contributed by atoms with van der Waals surface area (Å²) >= 11 is 3.25. The molecule has 5 nitrogen and oxygen atoms in total. The van der Waals surface area contributed by atoms with Crippen molar-refractivity contribution in [2.75, 3.05) is 5.32 Å². The first-order valence-corrected chi connectivity index (χ1v) is 8.17. The van der Waals surface area contributed by atoms with Gasteiger partial charge in [-0.1, -0.05) is 34.1 Å². The van der Waals surface area contributed by atoms with Crippen LogP contribution in [0.2, 0.25) is 0 Å². The Hall–Kier alpha value is -2.68. The summed E-state index contributed by atoms with van der Waals surface area (Å²) in [5, 5.41) is 2.55. The SMILES string of the molecule is O=C(Cn1c(=O)c(C(F)(F)F)nc2ccccc21)Nc1cccc(Br)c1. The van der Waals surface area contributed by atoms with Gasteiger partial charge in [0.2, 0.25) is 11.6 Å². The molecule has 1 N–H and O–H groups in total. The van der Waals surface area contributed by atoms with Crippen LogP contribution >= 0.6 is 15.9 Å². The molecule has 0 saturated carbocycles. The van der Waals surface area contributed by atoms with Crippen molar-refractivity contribution in [2.24, 2.45) is 0 Å². The number of carbonyl (C=O) groups is 1. The van der Waals surface area contributed by atoms with E-state index in [4.69, 9.17) is 0 Å². The van der Waals surface area contributed by atoms with Gasteiger partial charge < -0.3 is 5.32 Å². The highest BCUT2D eigenvalue weighted by Crippen LogP contribution is 2.26. The summed E-state index contributed by atoms with van der Waals surface area (Å²) in [5.74, 6) is -0.630. The largest absolute Gasteiger partial charge is 0.438 e. The van der Waals surface area contributed by atoms with Crippen LogP contribution in [0, 0.1) is 0 Å². The Morgan fingerprint density at radius 1 is 1.15 bits per heavy atom. The maximum absolute atomic E-state index is 13.1. The van der Waals surface area contributed by atoms with Gasteiger partial charge in [-0.25, -0.2) is 4.98 Å². The standard InChI is InChI=1S/C17H11BrF3N3O2/c18-10-4-3-5-11(8-10)22-14(25)9-24-13-7-2-1-6-12(13)23-15(16(24)26)17(19,20)21/h1-8H,9H2,(H,22,25). The predicted octanol–water partition coefficient (Wildman–Crippen LogP) is 3.82. The summed E-state index contributed by atoms with van der Waals surface area (Å²) in [6.07, 6.45) is -4.91. The Kier molecular flexibility index (Phi) is 4.82. The van der Waals surface area contributed by atoms with Crippen molar-refractivity contribution in [3.05, 3.63) is 69.1 Å². The fourth-order valence-electron chi connectivity index (χ4n) is 2.44. The molecule has 1 aromatic heterocycles. The van der Waals surface area contributed by atoms with Crippen LogP contribution in [0.4, 0.5) is 18.9 Å². The maximum atomic E-state index is 13.1. The molecule has 0 aliphatic rings. The molecule has 3 aromatic rings. The molecule has 0 atom stereocenters. The lowest BCUT2D eigenvalue weighted by Gasteiger charge is -2.13. The average Bonchev–Trinajstić information content (AvgIpc) is 2.56. The molecule has 1 amide bonds. The predicted molar refractivity (Wildman–Crippen MR) is 93.8 cm³/mol. The fraction of sp³-hybridized carbons (Fsp3) is 0.118. The van der Waals surface area contributed by atoms with Crippen LogP contribution in [0.25, 0.3) is 11.0 Å². The summed E-state index contributed by atoms with van der Waals surface area (Å²) in [6.45, 7) is -0.572. The highest BCUT2D eigenvalue weighted by Gasteiger charge is 2.37. The Balaban J connectivity index is 2.02. The molecule has 134 valence electrons. The third-order valence-corrected chi connectivity index (χ3v) is 4.02. The Labute approximate surface area is 153 Å². The number of hydrogen-bond donors (Lipinski definition) is 1. The van der Waals surface area contributed by atoms with Crippen molar-refractivity contribution < 1.29 is 18.0 Å². The number of nitrogens with one attached hydrogen (secondary N) is 1. The molecule has 0 aliphatic carbocycles.